The Balaban J connectivity index is 1.48. The van der Waals surface area contributed by atoms with Crippen molar-refractivity contribution in [3.63, 3.8) is 0 Å². The predicted molar refractivity (Wildman–Crippen MR) is 198 cm³/mol. The first-order valence-corrected chi connectivity index (χ1v) is 16.5. The van der Waals surface area contributed by atoms with Gasteiger partial charge in [-0.1, -0.05) is 127 Å². The Hall–Kier alpha value is -5.00. The molecule has 4 unspecified atom stereocenters. The molecule has 5 nitrogen and oxygen atoms in total. The number of hydrogen-bond donors (Lipinski definition) is 2. The molecule has 3 aliphatic rings. The number of amidine groups is 2. The molecule has 47 heavy (non-hydrogen) atoms. The molecular weight excluding hydrogens is 574 g/mol. The van der Waals surface area contributed by atoms with Gasteiger partial charge in [0.25, 0.3) is 0 Å². The third kappa shape index (κ3) is 6.63. The van der Waals surface area contributed by atoms with Crippen molar-refractivity contribution in [2.75, 3.05) is 7.05 Å². The van der Waals surface area contributed by atoms with Gasteiger partial charge in [-0.25, -0.2) is 4.99 Å². The van der Waals surface area contributed by atoms with Crippen LogP contribution in [0.1, 0.15) is 50.8 Å². The Bertz CT molecular complexity index is 1960. The summed E-state index contributed by atoms with van der Waals surface area (Å²) in [6.45, 7) is 6.25. The second kappa shape index (κ2) is 13.8. The number of nitrogens with two attached hydrogens (primary N) is 2. The van der Waals surface area contributed by atoms with Gasteiger partial charge in [0.1, 0.15) is 17.8 Å². The summed E-state index contributed by atoms with van der Waals surface area (Å²) < 4.78 is 0. The third-order valence-electron chi connectivity index (χ3n) is 9.56. The van der Waals surface area contributed by atoms with Crippen molar-refractivity contribution in [3.05, 3.63) is 166 Å². The SMILES string of the molecule is C/C=C\N=C(N)C1(C)C=C(C(N)N(C)C(=NC(C)c2ccccc2)c2ccccc2)C=C(C2=c3ccccc3=C3C=CC=CC3C2)C1. The fraction of sp³-hybridized carbons (Fsp3) is 0.238. The van der Waals surface area contributed by atoms with Crippen molar-refractivity contribution in [2.45, 2.75) is 45.8 Å². The highest BCUT2D eigenvalue weighted by Crippen LogP contribution is 2.42. The van der Waals surface area contributed by atoms with Crippen LogP contribution in [-0.2, 0) is 0 Å². The molecular formula is C42H45N5. The number of rotatable bonds is 8. The van der Waals surface area contributed by atoms with Crippen LogP contribution in [-0.4, -0.2) is 29.8 Å². The number of allylic oxidation sites excluding steroid dienone is 6. The molecule has 0 spiro atoms. The van der Waals surface area contributed by atoms with Crippen molar-refractivity contribution in [3.8, 4) is 0 Å². The Kier molecular flexibility index (Phi) is 9.37. The topological polar surface area (TPSA) is 80.0 Å². The number of nitrogens with zero attached hydrogens (tertiary/aromatic N) is 3. The second-order valence-electron chi connectivity index (χ2n) is 12.9. The zero-order valence-corrected chi connectivity index (χ0v) is 27.8. The van der Waals surface area contributed by atoms with Gasteiger partial charge < -0.3 is 16.4 Å². The van der Waals surface area contributed by atoms with Crippen molar-refractivity contribution < 1.29 is 0 Å². The number of aliphatic imine (C=N–C) groups is 2. The quantitative estimate of drug-likeness (QED) is 0.167. The van der Waals surface area contributed by atoms with Crippen LogP contribution in [0.15, 0.2) is 155 Å². The van der Waals surface area contributed by atoms with E-state index in [1.807, 2.05) is 44.3 Å². The molecule has 3 aromatic carbocycles. The third-order valence-corrected chi connectivity index (χ3v) is 9.56. The van der Waals surface area contributed by atoms with E-state index in [4.69, 9.17) is 16.5 Å². The average molecular weight is 620 g/mol. The van der Waals surface area contributed by atoms with Crippen molar-refractivity contribution in [2.24, 2.45) is 32.8 Å². The number of benzene rings is 3. The Morgan fingerprint density at radius 1 is 0.957 bits per heavy atom. The first kappa shape index (κ1) is 32.0. The number of fused-ring (bicyclic) bond motifs is 2. The molecule has 0 fully saturated rings. The van der Waals surface area contributed by atoms with E-state index in [1.54, 1.807) is 6.20 Å². The molecule has 0 bridgehead atoms. The highest BCUT2D eigenvalue weighted by Gasteiger charge is 2.36. The molecule has 5 heteroatoms. The summed E-state index contributed by atoms with van der Waals surface area (Å²) in [6, 6.07) is 29.4. The van der Waals surface area contributed by atoms with Crippen LogP contribution >= 0.6 is 0 Å². The van der Waals surface area contributed by atoms with E-state index < -0.39 is 11.6 Å². The summed E-state index contributed by atoms with van der Waals surface area (Å²) in [5, 5.41) is 2.58. The maximum absolute atomic E-state index is 7.26. The molecule has 4 atom stereocenters. The summed E-state index contributed by atoms with van der Waals surface area (Å²) in [7, 11) is 2.04. The van der Waals surface area contributed by atoms with E-state index in [0.717, 1.165) is 35.4 Å². The van der Waals surface area contributed by atoms with Gasteiger partial charge in [0.2, 0.25) is 0 Å². The monoisotopic (exact) mass is 619 g/mol. The van der Waals surface area contributed by atoms with Crippen LogP contribution in [0.2, 0.25) is 0 Å². The van der Waals surface area contributed by atoms with E-state index in [2.05, 4.69) is 121 Å². The van der Waals surface area contributed by atoms with E-state index in [-0.39, 0.29) is 6.04 Å². The van der Waals surface area contributed by atoms with E-state index in [9.17, 15) is 0 Å². The standard InChI is InChI=1S/C42H45N5/c1-5-24-45-41(44)42(3)27-33(38-26-32-20-12-13-21-35(32)36-22-14-15-23-37(36)38)25-34(28-42)39(43)47(4)40(31-18-10-7-11-19-31)46-29(2)30-16-8-6-9-17-30/h5-25,28-29,32,39H,26-27,43H2,1-4H3,(H2,44,45)/b24-5-,46-40?. The molecule has 0 heterocycles. The minimum absolute atomic E-state index is 0.0568. The molecule has 0 saturated carbocycles. The van der Waals surface area contributed by atoms with E-state index in [0.29, 0.717) is 11.8 Å². The predicted octanol–water partition coefficient (Wildman–Crippen LogP) is 6.71. The largest absolute Gasteiger partial charge is 0.386 e. The highest BCUT2D eigenvalue weighted by atomic mass is 15.2. The van der Waals surface area contributed by atoms with Crippen molar-refractivity contribution in [1.82, 2.24) is 4.90 Å². The van der Waals surface area contributed by atoms with Crippen molar-refractivity contribution in [1.29, 1.82) is 0 Å². The smallest absolute Gasteiger partial charge is 0.132 e. The summed E-state index contributed by atoms with van der Waals surface area (Å²) >= 11 is 0. The molecule has 6 rings (SSSR count). The first-order valence-electron chi connectivity index (χ1n) is 16.5. The van der Waals surface area contributed by atoms with Gasteiger partial charge in [-0.05, 0) is 71.9 Å². The molecule has 0 saturated heterocycles. The lowest BCUT2D eigenvalue weighted by atomic mass is 9.71. The summed E-state index contributed by atoms with van der Waals surface area (Å²) in [5.41, 5.74) is 20.6. The van der Waals surface area contributed by atoms with Crippen molar-refractivity contribution >= 4 is 22.8 Å². The van der Waals surface area contributed by atoms with Crippen LogP contribution < -0.4 is 21.9 Å². The van der Waals surface area contributed by atoms with Crippen LogP contribution in [0, 0.1) is 11.3 Å². The van der Waals surface area contributed by atoms with Gasteiger partial charge in [-0.15, -0.1) is 0 Å². The molecule has 238 valence electrons. The zero-order valence-electron chi connectivity index (χ0n) is 27.8. The fourth-order valence-electron chi connectivity index (χ4n) is 6.93. The van der Waals surface area contributed by atoms with Gasteiger partial charge in [0.15, 0.2) is 0 Å². The van der Waals surface area contributed by atoms with Gasteiger partial charge in [-0.2, -0.15) is 0 Å². The Morgan fingerprint density at radius 3 is 2.36 bits per heavy atom. The van der Waals surface area contributed by atoms with Gasteiger partial charge in [0.05, 0.1) is 6.04 Å². The fourth-order valence-corrected chi connectivity index (χ4v) is 6.93. The normalized spacial score (nSPS) is 22.4. The maximum Gasteiger partial charge on any atom is 0.132 e. The van der Waals surface area contributed by atoms with E-state index in [1.165, 1.54) is 27.2 Å². The summed E-state index contributed by atoms with van der Waals surface area (Å²) in [6.07, 6.45) is 18.3. The molecule has 0 amide bonds. The number of hydrogen-bond acceptors (Lipinski definition) is 3. The lowest BCUT2D eigenvalue weighted by Crippen LogP contribution is -2.46. The molecule has 0 aliphatic heterocycles. The lowest BCUT2D eigenvalue weighted by Gasteiger charge is -2.37. The molecule has 0 aromatic heterocycles. The Morgan fingerprint density at radius 2 is 1.64 bits per heavy atom. The first-order chi connectivity index (χ1) is 22.8. The second-order valence-corrected chi connectivity index (χ2v) is 12.9. The zero-order chi connectivity index (χ0) is 33.0. The molecule has 0 radical (unpaired) electrons. The summed E-state index contributed by atoms with van der Waals surface area (Å²) in [4.78, 5) is 12.0. The van der Waals surface area contributed by atoms with Crippen LogP contribution in [0.3, 0.4) is 0 Å². The minimum atomic E-state index is -0.535. The van der Waals surface area contributed by atoms with Crippen LogP contribution in [0.25, 0.3) is 11.1 Å². The van der Waals surface area contributed by atoms with E-state index >= 15 is 0 Å². The van der Waals surface area contributed by atoms with Crippen LogP contribution in [0.5, 0.6) is 0 Å². The average Bonchev–Trinajstić information content (AvgIpc) is 3.12. The van der Waals surface area contributed by atoms with Gasteiger partial charge in [-0.3, -0.25) is 4.99 Å². The molecule has 3 aromatic rings. The molecule has 4 N–H and O–H groups in total. The Labute approximate surface area is 279 Å². The van der Waals surface area contributed by atoms with Crippen LogP contribution in [0.4, 0.5) is 0 Å². The highest BCUT2D eigenvalue weighted by molar-refractivity contribution is 5.99. The number of likely N-dealkylation sites (N-methyl/N-ethyl adjacent to an activating group) is 1. The van der Waals surface area contributed by atoms with Gasteiger partial charge >= 0.3 is 0 Å². The summed E-state index contributed by atoms with van der Waals surface area (Å²) in [5.74, 6) is 1.73. The minimum Gasteiger partial charge on any atom is -0.386 e. The lowest BCUT2D eigenvalue weighted by molar-refractivity contribution is 0.414. The molecule has 3 aliphatic carbocycles. The maximum atomic E-state index is 7.26. The van der Waals surface area contributed by atoms with Gasteiger partial charge in [0, 0.05) is 30.1 Å².